The van der Waals surface area contributed by atoms with E-state index in [1.54, 1.807) is 0 Å². The highest BCUT2D eigenvalue weighted by atomic mass is 28.1. The smallest absolute Gasteiger partial charge is 0.0175 e. The van der Waals surface area contributed by atoms with Gasteiger partial charge in [-0.15, -0.1) is 0 Å². The summed E-state index contributed by atoms with van der Waals surface area (Å²) in [6.45, 7) is 8.40. The minimum absolute atomic E-state index is 0. The molecular formula is C7H17NSi. The van der Waals surface area contributed by atoms with Gasteiger partial charge in [0.25, 0.3) is 0 Å². The van der Waals surface area contributed by atoms with E-state index in [2.05, 4.69) is 18.4 Å². The Bertz CT molecular complexity index is 95.1. The van der Waals surface area contributed by atoms with Gasteiger partial charge in [0.2, 0.25) is 0 Å². The van der Waals surface area contributed by atoms with Crippen molar-refractivity contribution in [3.05, 3.63) is 12.3 Å². The van der Waals surface area contributed by atoms with E-state index in [0.29, 0.717) is 0 Å². The SMILES string of the molecule is C=C(C)N1CCCC1.[SiH4]. The van der Waals surface area contributed by atoms with Gasteiger partial charge < -0.3 is 4.90 Å². The van der Waals surface area contributed by atoms with Crippen LogP contribution in [0.2, 0.25) is 0 Å². The molecule has 0 unspecified atom stereocenters. The van der Waals surface area contributed by atoms with Crippen molar-refractivity contribution in [2.75, 3.05) is 13.1 Å². The Morgan fingerprint density at radius 2 is 1.78 bits per heavy atom. The summed E-state index contributed by atoms with van der Waals surface area (Å²) in [5.41, 5.74) is 1.22. The summed E-state index contributed by atoms with van der Waals surface area (Å²) >= 11 is 0. The minimum Gasteiger partial charge on any atom is -0.376 e. The fourth-order valence-corrected chi connectivity index (χ4v) is 1.10. The zero-order valence-corrected chi connectivity index (χ0v) is 5.48. The minimum atomic E-state index is 0. The molecule has 1 aliphatic heterocycles. The molecule has 0 atom stereocenters. The van der Waals surface area contributed by atoms with Crippen LogP contribution in [0.15, 0.2) is 12.3 Å². The Morgan fingerprint density at radius 3 is 2.00 bits per heavy atom. The van der Waals surface area contributed by atoms with Gasteiger partial charge in [-0.05, 0) is 30.7 Å². The van der Waals surface area contributed by atoms with E-state index in [-0.39, 0.29) is 11.0 Å². The van der Waals surface area contributed by atoms with E-state index in [1.165, 1.54) is 31.6 Å². The standard InChI is InChI=1S/C7H13N.H4Si/c1-7(2)8-5-3-4-6-8;/h1,3-6H2,2H3;1H4. The van der Waals surface area contributed by atoms with Crippen molar-refractivity contribution in [2.45, 2.75) is 19.8 Å². The molecule has 0 amide bonds. The van der Waals surface area contributed by atoms with E-state index in [0.717, 1.165) is 0 Å². The molecule has 0 bridgehead atoms. The lowest BCUT2D eigenvalue weighted by atomic mass is 10.4. The Hall–Kier alpha value is -0.243. The van der Waals surface area contributed by atoms with E-state index >= 15 is 0 Å². The third-order valence-corrected chi connectivity index (χ3v) is 1.65. The van der Waals surface area contributed by atoms with Crippen molar-refractivity contribution in [3.8, 4) is 0 Å². The van der Waals surface area contributed by atoms with Gasteiger partial charge in [-0.3, -0.25) is 0 Å². The summed E-state index contributed by atoms with van der Waals surface area (Å²) in [7, 11) is 0. The van der Waals surface area contributed by atoms with Crippen LogP contribution in [0.5, 0.6) is 0 Å². The third kappa shape index (κ3) is 2.22. The number of allylic oxidation sites excluding steroid dienone is 1. The molecule has 1 heterocycles. The van der Waals surface area contributed by atoms with Gasteiger partial charge in [-0.1, -0.05) is 6.58 Å². The van der Waals surface area contributed by atoms with Crippen LogP contribution in [0.3, 0.4) is 0 Å². The van der Waals surface area contributed by atoms with Crippen molar-refractivity contribution in [1.29, 1.82) is 0 Å². The average Bonchev–Trinajstić information content (AvgIpc) is 2.12. The molecule has 0 saturated carbocycles. The fraction of sp³-hybridized carbons (Fsp3) is 0.714. The number of rotatable bonds is 1. The molecule has 1 nitrogen and oxygen atoms in total. The van der Waals surface area contributed by atoms with Crippen molar-refractivity contribution in [3.63, 3.8) is 0 Å². The molecule has 54 valence electrons. The van der Waals surface area contributed by atoms with Gasteiger partial charge >= 0.3 is 0 Å². The summed E-state index contributed by atoms with van der Waals surface area (Å²) in [4.78, 5) is 2.33. The van der Waals surface area contributed by atoms with Crippen LogP contribution in [0.25, 0.3) is 0 Å². The van der Waals surface area contributed by atoms with Crippen LogP contribution in [0.1, 0.15) is 19.8 Å². The molecule has 0 aliphatic carbocycles. The first kappa shape index (κ1) is 8.76. The molecule has 1 aliphatic rings. The second kappa shape index (κ2) is 3.72. The van der Waals surface area contributed by atoms with Gasteiger partial charge in [0.15, 0.2) is 0 Å². The molecule has 1 saturated heterocycles. The first-order chi connectivity index (χ1) is 3.80. The van der Waals surface area contributed by atoms with E-state index < -0.39 is 0 Å². The molecule has 0 aromatic carbocycles. The van der Waals surface area contributed by atoms with Crippen LogP contribution >= 0.6 is 0 Å². The summed E-state index contributed by atoms with van der Waals surface area (Å²) in [6, 6.07) is 0. The van der Waals surface area contributed by atoms with Crippen LogP contribution in [-0.4, -0.2) is 29.0 Å². The van der Waals surface area contributed by atoms with Crippen LogP contribution in [0, 0.1) is 0 Å². The van der Waals surface area contributed by atoms with Gasteiger partial charge in [-0.2, -0.15) is 0 Å². The molecule has 0 radical (unpaired) electrons. The Kier molecular flexibility index (Phi) is 3.62. The quantitative estimate of drug-likeness (QED) is 0.473. The summed E-state index contributed by atoms with van der Waals surface area (Å²) in [6.07, 6.45) is 2.71. The predicted molar refractivity (Wildman–Crippen MR) is 47.0 cm³/mol. The lowest BCUT2D eigenvalue weighted by Gasteiger charge is -2.15. The maximum atomic E-state index is 3.86. The summed E-state index contributed by atoms with van der Waals surface area (Å²) < 4.78 is 0. The van der Waals surface area contributed by atoms with Crippen LogP contribution < -0.4 is 0 Å². The molecular weight excluding hydrogens is 126 g/mol. The van der Waals surface area contributed by atoms with Gasteiger partial charge in [0, 0.05) is 18.8 Å². The first-order valence-corrected chi connectivity index (χ1v) is 3.21. The average molecular weight is 143 g/mol. The molecule has 1 fully saturated rings. The summed E-state index contributed by atoms with van der Waals surface area (Å²) in [5, 5.41) is 0. The predicted octanol–water partition coefficient (Wildman–Crippen LogP) is 0.164. The number of hydrogen-bond acceptors (Lipinski definition) is 1. The topological polar surface area (TPSA) is 3.24 Å². The second-order valence-electron chi connectivity index (χ2n) is 2.43. The van der Waals surface area contributed by atoms with E-state index in [1.807, 2.05) is 0 Å². The van der Waals surface area contributed by atoms with Crippen molar-refractivity contribution in [2.24, 2.45) is 0 Å². The molecule has 0 spiro atoms. The zero-order valence-electron chi connectivity index (χ0n) is 5.48. The molecule has 0 aromatic heterocycles. The summed E-state index contributed by atoms with van der Waals surface area (Å²) in [5.74, 6) is 0. The third-order valence-electron chi connectivity index (χ3n) is 1.65. The van der Waals surface area contributed by atoms with Crippen LogP contribution in [0.4, 0.5) is 0 Å². The van der Waals surface area contributed by atoms with Crippen molar-refractivity contribution >= 4 is 11.0 Å². The number of hydrogen-bond donors (Lipinski definition) is 0. The number of likely N-dealkylation sites (tertiary alicyclic amines) is 1. The largest absolute Gasteiger partial charge is 0.376 e. The monoisotopic (exact) mass is 143 g/mol. The highest BCUT2D eigenvalue weighted by Gasteiger charge is 2.08. The molecule has 0 N–H and O–H groups in total. The molecule has 1 rings (SSSR count). The molecule has 9 heavy (non-hydrogen) atoms. The highest BCUT2D eigenvalue weighted by molar-refractivity contribution is 5.75. The normalized spacial score (nSPS) is 17.2. The maximum Gasteiger partial charge on any atom is 0.0175 e. The van der Waals surface area contributed by atoms with Gasteiger partial charge in [0.05, 0.1) is 0 Å². The first-order valence-electron chi connectivity index (χ1n) is 3.21. The van der Waals surface area contributed by atoms with E-state index in [4.69, 9.17) is 0 Å². The fourth-order valence-electron chi connectivity index (χ4n) is 1.10. The van der Waals surface area contributed by atoms with Crippen molar-refractivity contribution < 1.29 is 0 Å². The number of nitrogens with zero attached hydrogens (tertiary/aromatic N) is 1. The highest BCUT2D eigenvalue weighted by Crippen LogP contribution is 2.11. The van der Waals surface area contributed by atoms with Crippen molar-refractivity contribution in [1.82, 2.24) is 4.90 Å². The second-order valence-corrected chi connectivity index (χ2v) is 2.43. The lowest BCUT2D eigenvalue weighted by Crippen LogP contribution is -2.15. The van der Waals surface area contributed by atoms with Gasteiger partial charge in [-0.25, -0.2) is 0 Å². The Balaban J connectivity index is 0.000000640. The molecule has 0 aromatic rings. The zero-order chi connectivity index (χ0) is 5.98. The van der Waals surface area contributed by atoms with Gasteiger partial charge in [0.1, 0.15) is 0 Å². The lowest BCUT2D eigenvalue weighted by molar-refractivity contribution is 0.430. The maximum absolute atomic E-state index is 3.86. The Labute approximate surface area is 61.8 Å². The van der Waals surface area contributed by atoms with Crippen LogP contribution in [-0.2, 0) is 0 Å². The Morgan fingerprint density at radius 1 is 1.33 bits per heavy atom. The van der Waals surface area contributed by atoms with E-state index in [9.17, 15) is 0 Å². The molecule has 2 heteroatoms.